The standard InChI is InChI=1S/C13H21N3.HI/c1-5-14-13(16(3)4)15-10-12-8-6-11(2)7-9-12;/h6-9H,5,10H2,1-4H3,(H,14,15);1H. The summed E-state index contributed by atoms with van der Waals surface area (Å²) in [5, 5.41) is 3.24. The predicted molar refractivity (Wildman–Crippen MR) is 85.1 cm³/mol. The Balaban J connectivity index is 0.00000256. The molecule has 0 heterocycles. The van der Waals surface area contributed by atoms with Gasteiger partial charge in [0.25, 0.3) is 0 Å². The first-order valence-corrected chi connectivity index (χ1v) is 5.64. The molecule has 17 heavy (non-hydrogen) atoms. The first kappa shape index (κ1) is 16.2. The zero-order chi connectivity index (χ0) is 12.0. The third kappa shape index (κ3) is 5.91. The molecule has 96 valence electrons. The fourth-order valence-corrected chi connectivity index (χ4v) is 1.37. The predicted octanol–water partition coefficient (Wildman–Crippen LogP) is 2.64. The molecule has 1 aromatic carbocycles. The van der Waals surface area contributed by atoms with Gasteiger partial charge < -0.3 is 10.2 Å². The van der Waals surface area contributed by atoms with E-state index in [4.69, 9.17) is 0 Å². The van der Waals surface area contributed by atoms with Gasteiger partial charge in [-0.05, 0) is 19.4 Å². The van der Waals surface area contributed by atoms with Gasteiger partial charge in [-0.15, -0.1) is 24.0 Å². The minimum atomic E-state index is 0. The Kier molecular flexibility index (Phi) is 7.95. The molecule has 0 bridgehead atoms. The van der Waals surface area contributed by atoms with Crippen LogP contribution >= 0.6 is 24.0 Å². The van der Waals surface area contributed by atoms with Crippen molar-refractivity contribution in [3.05, 3.63) is 35.4 Å². The Hall–Kier alpha value is -0.780. The lowest BCUT2D eigenvalue weighted by Gasteiger charge is -2.16. The zero-order valence-corrected chi connectivity index (χ0v) is 13.4. The average Bonchev–Trinajstić information content (AvgIpc) is 2.26. The number of guanidine groups is 1. The molecular formula is C13H22IN3. The molecule has 0 amide bonds. The van der Waals surface area contributed by atoms with E-state index < -0.39 is 0 Å². The molecule has 0 spiro atoms. The van der Waals surface area contributed by atoms with Crippen LogP contribution in [0.1, 0.15) is 18.1 Å². The van der Waals surface area contributed by atoms with Crippen LogP contribution < -0.4 is 5.32 Å². The molecule has 1 rings (SSSR count). The quantitative estimate of drug-likeness (QED) is 0.517. The molecule has 1 N–H and O–H groups in total. The summed E-state index contributed by atoms with van der Waals surface area (Å²) >= 11 is 0. The van der Waals surface area contributed by atoms with Crippen molar-refractivity contribution in [3.63, 3.8) is 0 Å². The van der Waals surface area contributed by atoms with Crippen molar-refractivity contribution in [2.75, 3.05) is 20.6 Å². The molecule has 0 aliphatic rings. The van der Waals surface area contributed by atoms with Gasteiger partial charge in [0.05, 0.1) is 6.54 Å². The first-order chi connectivity index (χ1) is 7.63. The summed E-state index contributed by atoms with van der Waals surface area (Å²) in [6.07, 6.45) is 0. The Bertz CT molecular complexity index is 344. The number of nitrogens with zero attached hydrogens (tertiary/aromatic N) is 2. The van der Waals surface area contributed by atoms with Gasteiger partial charge in [0.15, 0.2) is 5.96 Å². The van der Waals surface area contributed by atoms with Crippen molar-refractivity contribution in [2.24, 2.45) is 4.99 Å². The Morgan fingerprint density at radius 3 is 2.29 bits per heavy atom. The lowest BCUT2D eigenvalue weighted by atomic mass is 10.1. The number of benzene rings is 1. The molecule has 0 aliphatic heterocycles. The highest BCUT2D eigenvalue weighted by Crippen LogP contribution is 2.04. The molecule has 0 atom stereocenters. The van der Waals surface area contributed by atoms with Crippen LogP contribution in [0.2, 0.25) is 0 Å². The smallest absolute Gasteiger partial charge is 0.193 e. The third-order valence-corrected chi connectivity index (χ3v) is 2.29. The molecule has 0 aromatic heterocycles. The summed E-state index contributed by atoms with van der Waals surface area (Å²) in [4.78, 5) is 6.54. The minimum Gasteiger partial charge on any atom is -0.357 e. The van der Waals surface area contributed by atoms with E-state index in [1.54, 1.807) is 0 Å². The van der Waals surface area contributed by atoms with Gasteiger partial charge in [-0.2, -0.15) is 0 Å². The van der Waals surface area contributed by atoms with Crippen LogP contribution in [0, 0.1) is 6.92 Å². The minimum absolute atomic E-state index is 0. The second-order valence-corrected chi connectivity index (χ2v) is 4.05. The van der Waals surface area contributed by atoms with E-state index in [0.717, 1.165) is 19.0 Å². The summed E-state index contributed by atoms with van der Waals surface area (Å²) in [6, 6.07) is 8.48. The van der Waals surface area contributed by atoms with E-state index in [2.05, 4.69) is 48.4 Å². The normalized spacial score (nSPS) is 10.7. The van der Waals surface area contributed by atoms with Crippen molar-refractivity contribution in [2.45, 2.75) is 20.4 Å². The van der Waals surface area contributed by atoms with Crippen LogP contribution in [0.3, 0.4) is 0 Å². The Morgan fingerprint density at radius 1 is 1.24 bits per heavy atom. The van der Waals surface area contributed by atoms with Gasteiger partial charge in [0.2, 0.25) is 0 Å². The summed E-state index contributed by atoms with van der Waals surface area (Å²) in [5.74, 6) is 0.933. The van der Waals surface area contributed by atoms with Crippen LogP contribution in [0.5, 0.6) is 0 Å². The van der Waals surface area contributed by atoms with Crippen LogP contribution in [-0.2, 0) is 6.54 Å². The molecule has 3 nitrogen and oxygen atoms in total. The van der Waals surface area contributed by atoms with E-state index in [1.165, 1.54) is 11.1 Å². The maximum absolute atomic E-state index is 4.54. The average molecular weight is 347 g/mol. The van der Waals surface area contributed by atoms with Crippen molar-refractivity contribution in [1.29, 1.82) is 0 Å². The lowest BCUT2D eigenvalue weighted by molar-refractivity contribution is 0.583. The molecule has 0 fully saturated rings. The summed E-state index contributed by atoms with van der Waals surface area (Å²) in [5.41, 5.74) is 2.52. The van der Waals surface area contributed by atoms with Crippen LogP contribution in [0.15, 0.2) is 29.3 Å². The number of hydrogen-bond acceptors (Lipinski definition) is 1. The van der Waals surface area contributed by atoms with Gasteiger partial charge in [-0.1, -0.05) is 29.8 Å². The molecule has 1 aromatic rings. The van der Waals surface area contributed by atoms with E-state index in [9.17, 15) is 0 Å². The lowest BCUT2D eigenvalue weighted by Crippen LogP contribution is -2.36. The monoisotopic (exact) mass is 347 g/mol. The highest BCUT2D eigenvalue weighted by atomic mass is 127. The molecule has 0 saturated carbocycles. The van der Waals surface area contributed by atoms with Crippen molar-refractivity contribution >= 4 is 29.9 Å². The second kappa shape index (κ2) is 8.33. The fourth-order valence-electron chi connectivity index (χ4n) is 1.37. The summed E-state index contributed by atoms with van der Waals surface area (Å²) < 4.78 is 0. The third-order valence-electron chi connectivity index (χ3n) is 2.29. The maximum Gasteiger partial charge on any atom is 0.193 e. The second-order valence-electron chi connectivity index (χ2n) is 4.05. The molecule has 4 heteroatoms. The highest BCUT2D eigenvalue weighted by molar-refractivity contribution is 14.0. The molecule has 0 unspecified atom stereocenters. The number of aliphatic imine (C=N–C) groups is 1. The SMILES string of the molecule is CCNC(=NCc1ccc(C)cc1)N(C)C.I. The van der Waals surface area contributed by atoms with E-state index in [1.807, 2.05) is 19.0 Å². The molecule has 0 aliphatic carbocycles. The number of nitrogens with one attached hydrogen (secondary N) is 1. The first-order valence-electron chi connectivity index (χ1n) is 5.64. The van der Waals surface area contributed by atoms with Crippen molar-refractivity contribution in [1.82, 2.24) is 10.2 Å². The number of aryl methyl sites for hydroxylation is 1. The highest BCUT2D eigenvalue weighted by Gasteiger charge is 1.99. The van der Waals surface area contributed by atoms with Crippen LogP contribution in [0.25, 0.3) is 0 Å². The summed E-state index contributed by atoms with van der Waals surface area (Å²) in [6.45, 7) is 5.79. The van der Waals surface area contributed by atoms with Crippen molar-refractivity contribution in [3.8, 4) is 0 Å². The van der Waals surface area contributed by atoms with Crippen LogP contribution in [0.4, 0.5) is 0 Å². The largest absolute Gasteiger partial charge is 0.357 e. The van der Waals surface area contributed by atoms with Gasteiger partial charge in [0.1, 0.15) is 0 Å². The van der Waals surface area contributed by atoms with E-state index in [0.29, 0.717) is 0 Å². The van der Waals surface area contributed by atoms with Gasteiger partial charge in [0, 0.05) is 20.6 Å². The fraction of sp³-hybridized carbons (Fsp3) is 0.462. The zero-order valence-electron chi connectivity index (χ0n) is 11.0. The number of halogens is 1. The summed E-state index contributed by atoms with van der Waals surface area (Å²) in [7, 11) is 3.99. The Morgan fingerprint density at radius 2 is 1.82 bits per heavy atom. The van der Waals surface area contributed by atoms with Gasteiger partial charge in [-0.25, -0.2) is 4.99 Å². The van der Waals surface area contributed by atoms with Crippen LogP contribution in [-0.4, -0.2) is 31.5 Å². The topological polar surface area (TPSA) is 27.6 Å². The molecule has 0 saturated heterocycles. The number of hydrogen-bond donors (Lipinski definition) is 1. The van der Waals surface area contributed by atoms with Gasteiger partial charge in [-0.3, -0.25) is 0 Å². The molecular weight excluding hydrogens is 325 g/mol. The van der Waals surface area contributed by atoms with E-state index in [-0.39, 0.29) is 24.0 Å². The maximum atomic E-state index is 4.54. The Labute approximate surface area is 121 Å². The van der Waals surface area contributed by atoms with Crippen molar-refractivity contribution < 1.29 is 0 Å². The van der Waals surface area contributed by atoms with E-state index >= 15 is 0 Å². The number of rotatable bonds is 3. The van der Waals surface area contributed by atoms with Gasteiger partial charge >= 0.3 is 0 Å². The molecule has 0 radical (unpaired) electrons.